The Kier molecular flexibility index (Phi) is 5.77. The molecule has 0 spiro atoms. The smallest absolute Gasteiger partial charge is 0.335 e. The van der Waals surface area contributed by atoms with Crippen LogP contribution in [0.1, 0.15) is 0 Å². The van der Waals surface area contributed by atoms with E-state index in [2.05, 4.69) is 20.3 Å². The van der Waals surface area contributed by atoms with Crippen molar-refractivity contribution in [3.63, 3.8) is 0 Å². The molecule has 2 aromatic heterocycles. The Morgan fingerprint density at radius 2 is 1.77 bits per heavy atom. The van der Waals surface area contributed by atoms with Crippen molar-refractivity contribution in [3.8, 4) is 11.8 Å². The number of amides is 2. The van der Waals surface area contributed by atoms with Crippen LogP contribution in [-0.2, 0) is 10.0 Å². The lowest BCUT2D eigenvalue weighted by Gasteiger charge is -2.16. The number of pyridine rings is 1. The molecule has 0 unspecified atom stereocenters. The summed E-state index contributed by atoms with van der Waals surface area (Å²) in [4.78, 5) is 25.3. The third-order valence-electron chi connectivity index (χ3n) is 3.04. The molecule has 0 aromatic carbocycles. The predicted molar refractivity (Wildman–Crippen MR) is 93.0 cm³/mol. The van der Waals surface area contributed by atoms with Crippen molar-refractivity contribution in [2.75, 3.05) is 38.5 Å². The molecule has 11 nitrogen and oxygen atoms in total. The molecule has 2 amide bonds. The number of nitrogens with zero attached hydrogens (tertiary/aromatic N) is 4. The number of aromatic nitrogens is 3. The van der Waals surface area contributed by atoms with Crippen molar-refractivity contribution in [3.05, 3.63) is 24.4 Å². The molecule has 0 aliphatic rings. The Balaban J connectivity index is 2.22. The van der Waals surface area contributed by atoms with Crippen LogP contribution in [-0.4, -0.2) is 57.7 Å². The summed E-state index contributed by atoms with van der Waals surface area (Å²) in [6, 6.07) is 3.49. The van der Waals surface area contributed by atoms with Crippen LogP contribution < -0.4 is 24.4 Å². The number of hydrogen-bond donors (Lipinski definition) is 2. The largest absolute Gasteiger partial charge is 0.481 e. The number of nitrogens with one attached hydrogen (secondary N) is 2. The second-order valence-corrected chi connectivity index (χ2v) is 6.66. The molecule has 0 bridgehead atoms. The zero-order chi connectivity index (χ0) is 19.3. The van der Waals surface area contributed by atoms with Crippen LogP contribution in [0.4, 0.5) is 16.4 Å². The Labute approximate surface area is 150 Å². The third kappa shape index (κ3) is 4.47. The first-order valence-electron chi connectivity index (χ1n) is 7.20. The number of urea groups is 1. The predicted octanol–water partition coefficient (Wildman–Crippen LogP) is 0.465. The second-order valence-electron chi connectivity index (χ2n) is 5.06. The first-order valence-corrected chi connectivity index (χ1v) is 8.68. The maximum absolute atomic E-state index is 12.5. The lowest BCUT2D eigenvalue weighted by Crippen LogP contribution is -2.36. The maximum atomic E-state index is 12.5. The Bertz CT molecular complexity index is 880. The number of sulfonamides is 1. The minimum atomic E-state index is -4.22. The van der Waals surface area contributed by atoms with Gasteiger partial charge in [0.15, 0.2) is 5.03 Å². The van der Waals surface area contributed by atoms with Crippen molar-refractivity contribution in [1.82, 2.24) is 19.7 Å². The van der Waals surface area contributed by atoms with Crippen LogP contribution in [0.15, 0.2) is 29.4 Å². The molecule has 26 heavy (non-hydrogen) atoms. The average molecular weight is 382 g/mol. The number of ether oxygens (including phenoxy) is 2. The summed E-state index contributed by atoms with van der Waals surface area (Å²) < 4.78 is 36.7. The molecule has 0 atom stereocenters. The molecule has 140 valence electrons. The topological polar surface area (TPSA) is 136 Å². The summed E-state index contributed by atoms with van der Waals surface area (Å²) in [5.41, 5.74) is 0.326. The average Bonchev–Trinajstić information content (AvgIpc) is 2.60. The van der Waals surface area contributed by atoms with Gasteiger partial charge in [-0.05, 0) is 12.1 Å². The van der Waals surface area contributed by atoms with E-state index in [9.17, 15) is 13.2 Å². The van der Waals surface area contributed by atoms with E-state index >= 15 is 0 Å². The Morgan fingerprint density at radius 1 is 1.15 bits per heavy atom. The van der Waals surface area contributed by atoms with Crippen molar-refractivity contribution in [2.45, 2.75) is 5.03 Å². The van der Waals surface area contributed by atoms with E-state index in [1.165, 1.54) is 26.5 Å². The van der Waals surface area contributed by atoms with Crippen LogP contribution in [0.3, 0.4) is 0 Å². The summed E-state index contributed by atoms with van der Waals surface area (Å²) in [6.45, 7) is 0. The monoisotopic (exact) mass is 382 g/mol. The SMILES string of the molecule is COc1cc(OC)nc(NC(=O)NS(=O)(=O)c2ncccc2N(C)C)n1. The molecule has 0 saturated heterocycles. The van der Waals surface area contributed by atoms with Crippen LogP contribution in [0.25, 0.3) is 0 Å². The van der Waals surface area contributed by atoms with Crippen LogP contribution >= 0.6 is 0 Å². The van der Waals surface area contributed by atoms with Crippen LogP contribution in [0.5, 0.6) is 11.8 Å². The summed E-state index contributed by atoms with van der Waals surface area (Å²) in [5, 5.41) is 1.93. The van der Waals surface area contributed by atoms with E-state index < -0.39 is 16.1 Å². The highest BCUT2D eigenvalue weighted by atomic mass is 32.2. The molecule has 2 rings (SSSR count). The highest BCUT2D eigenvalue weighted by molar-refractivity contribution is 7.90. The van der Waals surface area contributed by atoms with E-state index in [4.69, 9.17) is 9.47 Å². The molecule has 0 aliphatic carbocycles. The number of anilines is 2. The van der Waals surface area contributed by atoms with Gasteiger partial charge in [0.25, 0.3) is 10.0 Å². The van der Waals surface area contributed by atoms with Gasteiger partial charge in [0.1, 0.15) is 0 Å². The summed E-state index contributed by atoms with van der Waals surface area (Å²) >= 11 is 0. The van der Waals surface area contributed by atoms with Crippen molar-refractivity contribution < 1.29 is 22.7 Å². The third-order valence-corrected chi connectivity index (χ3v) is 4.31. The van der Waals surface area contributed by atoms with Crippen LogP contribution in [0, 0.1) is 0 Å². The fraction of sp³-hybridized carbons (Fsp3) is 0.286. The van der Waals surface area contributed by atoms with Gasteiger partial charge in [0.2, 0.25) is 17.7 Å². The van der Waals surface area contributed by atoms with Gasteiger partial charge in [-0.3, -0.25) is 5.32 Å². The molecular weight excluding hydrogens is 364 g/mol. The first-order chi connectivity index (χ1) is 12.3. The number of carbonyl (C=O) groups is 1. The molecule has 2 heterocycles. The molecule has 0 saturated carbocycles. The van der Waals surface area contributed by atoms with Gasteiger partial charge in [-0.25, -0.2) is 14.5 Å². The Morgan fingerprint density at radius 3 is 2.31 bits per heavy atom. The van der Waals surface area contributed by atoms with E-state index in [0.29, 0.717) is 5.69 Å². The molecule has 0 radical (unpaired) electrons. The number of hydrogen-bond acceptors (Lipinski definition) is 9. The highest BCUT2D eigenvalue weighted by Gasteiger charge is 2.24. The van der Waals surface area contributed by atoms with E-state index in [1.54, 1.807) is 31.1 Å². The molecule has 2 aromatic rings. The summed E-state index contributed by atoms with van der Waals surface area (Å²) in [6.07, 6.45) is 1.31. The van der Waals surface area contributed by atoms with Crippen LogP contribution in [0.2, 0.25) is 0 Å². The summed E-state index contributed by atoms with van der Waals surface area (Å²) in [5.74, 6) is 0.0759. The zero-order valence-corrected chi connectivity index (χ0v) is 15.4. The Hall–Kier alpha value is -3.15. The minimum absolute atomic E-state index is 0.134. The maximum Gasteiger partial charge on any atom is 0.335 e. The fourth-order valence-corrected chi connectivity index (χ4v) is 3.01. The van der Waals surface area contributed by atoms with Gasteiger partial charge in [0, 0.05) is 20.3 Å². The van der Waals surface area contributed by atoms with Crippen molar-refractivity contribution in [2.24, 2.45) is 0 Å². The molecule has 0 fully saturated rings. The first kappa shape index (κ1) is 19.2. The van der Waals surface area contributed by atoms with E-state index in [0.717, 1.165) is 0 Å². The van der Waals surface area contributed by atoms with E-state index in [-0.39, 0.29) is 22.7 Å². The second kappa shape index (κ2) is 7.82. The summed E-state index contributed by atoms with van der Waals surface area (Å²) in [7, 11) is 1.85. The molecule has 12 heteroatoms. The van der Waals surface area contributed by atoms with Crippen molar-refractivity contribution in [1.29, 1.82) is 0 Å². The van der Waals surface area contributed by atoms with Crippen molar-refractivity contribution >= 4 is 27.7 Å². The molecule has 0 aliphatic heterocycles. The molecule has 2 N–H and O–H groups in total. The highest BCUT2D eigenvalue weighted by Crippen LogP contribution is 2.21. The van der Waals surface area contributed by atoms with Gasteiger partial charge in [0.05, 0.1) is 26.0 Å². The van der Waals surface area contributed by atoms with E-state index in [1.807, 2.05) is 4.72 Å². The number of methoxy groups -OCH3 is 2. The van der Waals surface area contributed by atoms with Gasteiger partial charge in [-0.15, -0.1) is 0 Å². The minimum Gasteiger partial charge on any atom is -0.481 e. The van der Waals surface area contributed by atoms with Gasteiger partial charge in [-0.2, -0.15) is 18.4 Å². The lowest BCUT2D eigenvalue weighted by atomic mass is 10.4. The van der Waals surface area contributed by atoms with Gasteiger partial charge >= 0.3 is 6.03 Å². The molecular formula is C14H18N6O5S. The standard InChI is InChI=1S/C14H18N6O5S/c1-20(2)9-6-5-7-15-12(9)26(22,23)19-14(21)18-13-16-10(24-3)8-11(17-13)25-4/h5-8H,1-4H3,(H2,16,17,18,19,21). The zero-order valence-electron chi connectivity index (χ0n) is 14.5. The van der Waals surface area contributed by atoms with Gasteiger partial charge in [-0.1, -0.05) is 0 Å². The van der Waals surface area contributed by atoms with Gasteiger partial charge < -0.3 is 14.4 Å². The quantitative estimate of drug-likeness (QED) is 0.730. The lowest BCUT2D eigenvalue weighted by molar-refractivity contribution is 0.256. The fourth-order valence-electron chi connectivity index (χ4n) is 1.90. The number of rotatable bonds is 6. The number of carbonyl (C=O) groups excluding carboxylic acids is 1. The normalized spacial score (nSPS) is 10.8.